The van der Waals surface area contributed by atoms with Crippen molar-refractivity contribution in [2.75, 3.05) is 0 Å². The summed E-state index contributed by atoms with van der Waals surface area (Å²) in [4.78, 5) is 11.8. The van der Waals surface area contributed by atoms with Crippen molar-refractivity contribution in [2.24, 2.45) is 17.8 Å². The molecular weight excluding hydrogens is 174 g/mol. The van der Waals surface area contributed by atoms with E-state index in [1.165, 1.54) is 19.3 Å². The largest absolute Gasteiger partial charge is 0.299 e. The molecule has 0 spiro atoms. The molecule has 0 aliphatic heterocycles. The molecule has 1 aliphatic rings. The second-order valence-electron chi connectivity index (χ2n) is 4.57. The number of hydrogen-bond acceptors (Lipinski definition) is 2. The van der Waals surface area contributed by atoms with Gasteiger partial charge in [0, 0.05) is 12.3 Å². The first-order valence-electron chi connectivity index (χ1n) is 5.57. The summed E-state index contributed by atoms with van der Waals surface area (Å²) in [6.07, 6.45) is 5.11. The third kappa shape index (κ3) is 2.83. The molecule has 2 nitrogen and oxygen atoms in total. The van der Waals surface area contributed by atoms with E-state index in [1.54, 1.807) is 0 Å². The number of carbonyl (C=O) groups excluding carboxylic acids is 1. The zero-order valence-corrected chi connectivity index (χ0v) is 9.12. The Bertz CT molecular complexity index is 241. The predicted octanol–water partition coefficient (Wildman–Crippen LogP) is 2.93. The van der Waals surface area contributed by atoms with E-state index in [0.717, 1.165) is 6.42 Å². The van der Waals surface area contributed by atoms with Crippen LogP contribution in [0.15, 0.2) is 0 Å². The van der Waals surface area contributed by atoms with Crippen molar-refractivity contribution in [1.29, 1.82) is 5.26 Å². The van der Waals surface area contributed by atoms with Crippen LogP contribution in [0.2, 0.25) is 0 Å². The Morgan fingerprint density at radius 1 is 1.50 bits per heavy atom. The average Bonchev–Trinajstić information content (AvgIpc) is 2.18. The van der Waals surface area contributed by atoms with Gasteiger partial charge in [0.2, 0.25) is 0 Å². The minimum absolute atomic E-state index is 0.114. The number of rotatable bonds is 3. The first-order valence-corrected chi connectivity index (χ1v) is 5.57. The monoisotopic (exact) mass is 193 g/mol. The highest BCUT2D eigenvalue weighted by Crippen LogP contribution is 2.31. The Morgan fingerprint density at radius 2 is 2.14 bits per heavy atom. The van der Waals surface area contributed by atoms with Gasteiger partial charge in [0.05, 0.1) is 12.0 Å². The van der Waals surface area contributed by atoms with E-state index in [0.29, 0.717) is 18.1 Å². The zero-order chi connectivity index (χ0) is 10.6. The third-order valence-electron chi connectivity index (χ3n) is 3.25. The van der Waals surface area contributed by atoms with Crippen LogP contribution in [0.5, 0.6) is 0 Å². The highest BCUT2D eigenvalue weighted by molar-refractivity contribution is 5.81. The van der Waals surface area contributed by atoms with Crippen molar-refractivity contribution in [3.05, 3.63) is 0 Å². The smallest absolute Gasteiger partial charge is 0.137 e. The molecule has 3 unspecified atom stereocenters. The standard InChI is InChI=1S/C12H19NO/c1-9(8-13)7-12(14)11-6-4-3-5-10(11)2/h9-11H,3-7H2,1-2H3. The highest BCUT2D eigenvalue weighted by Gasteiger charge is 2.28. The van der Waals surface area contributed by atoms with Crippen LogP contribution in [-0.4, -0.2) is 5.78 Å². The van der Waals surface area contributed by atoms with Crippen molar-refractivity contribution < 1.29 is 4.79 Å². The SMILES string of the molecule is CC(C#N)CC(=O)C1CCCCC1C. The van der Waals surface area contributed by atoms with Crippen LogP contribution in [0.1, 0.15) is 46.0 Å². The van der Waals surface area contributed by atoms with E-state index in [2.05, 4.69) is 13.0 Å². The van der Waals surface area contributed by atoms with Gasteiger partial charge in [-0.15, -0.1) is 0 Å². The molecule has 1 aliphatic carbocycles. The lowest BCUT2D eigenvalue weighted by Gasteiger charge is -2.27. The third-order valence-corrected chi connectivity index (χ3v) is 3.25. The average molecular weight is 193 g/mol. The minimum atomic E-state index is -0.114. The van der Waals surface area contributed by atoms with Crippen LogP contribution in [0.4, 0.5) is 0 Å². The summed E-state index contributed by atoms with van der Waals surface area (Å²) in [5, 5.41) is 8.65. The molecule has 0 aromatic rings. The van der Waals surface area contributed by atoms with E-state index in [4.69, 9.17) is 5.26 Å². The van der Waals surface area contributed by atoms with Crippen molar-refractivity contribution in [3.8, 4) is 6.07 Å². The van der Waals surface area contributed by atoms with E-state index in [-0.39, 0.29) is 11.8 Å². The summed E-state index contributed by atoms with van der Waals surface area (Å²) >= 11 is 0. The molecule has 0 heterocycles. The Kier molecular flexibility index (Phi) is 4.13. The summed E-state index contributed by atoms with van der Waals surface area (Å²) in [7, 11) is 0. The van der Waals surface area contributed by atoms with Gasteiger partial charge in [0.25, 0.3) is 0 Å². The highest BCUT2D eigenvalue weighted by atomic mass is 16.1. The first kappa shape index (κ1) is 11.2. The summed E-state index contributed by atoms with van der Waals surface area (Å²) < 4.78 is 0. The number of nitrogens with zero attached hydrogens (tertiary/aromatic N) is 1. The molecule has 0 radical (unpaired) electrons. The fourth-order valence-electron chi connectivity index (χ4n) is 2.29. The Balaban J connectivity index is 2.47. The van der Waals surface area contributed by atoms with E-state index in [9.17, 15) is 4.79 Å². The predicted molar refractivity (Wildman–Crippen MR) is 55.5 cm³/mol. The lowest BCUT2D eigenvalue weighted by Crippen LogP contribution is -2.26. The Labute approximate surface area is 86.3 Å². The van der Waals surface area contributed by atoms with Crippen LogP contribution < -0.4 is 0 Å². The van der Waals surface area contributed by atoms with Crippen LogP contribution in [-0.2, 0) is 4.79 Å². The molecule has 0 N–H and O–H groups in total. The van der Waals surface area contributed by atoms with E-state index < -0.39 is 0 Å². The molecule has 2 heteroatoms. The fourth-order valence-corrected chi connectivity index (χ4v) is 2.29. The van der Waals surface area contributed by atoms with Gasteiger partial charge < -0.3 is 0 Å². The summed E-state index contributed by atoms with van der Waals surface area (Å²) in [5.74, 6) is 0.963. The number of ketones is 1. The minimum Gasteiger partial charge on any atom is -0.299 e. The molecule has 0 saturated heterocycles. The number of nitriles is 1. The molecule has 3 atom stereocenters. The molecule has 14 heavy (non-hydrogen) atoms. The molecule has 1 rings (SSSR count). The van der Waals surface area contributed by atoms with E-state index in [1.807, 2.05) is 6.92 Å². The Hall–Kier alpha value is -0.840. The molecule has 0 bridgehead atoms. The Morgan fingerprint density at radius 3 is 2.71 bits per heavy atom. The van der Waals surface area contributed by atoms with Gasteiger partial charge in [0.15, 0.2) is 0 Å². The quantitative estimate of drug-likeness (QED) is 0.691. The molecular formula is C12H19NO. The van der Waals surface area contributed by atoms with Crippen molar-refractivity contribution >= 4 is 5.78 Å². The summed E-state index contributed by atoms with van der Waals surface area (Å²) in [6, 6.07) is 2.13. The molecule has 1 fully saturated rings. The van der Waals surface area contributed by atoms with Crippen LogP contribution >= 0.6 is 0 Å². The maximum absolute atomic E-state index is 11.8. The molecule has 0 aromatic heterocycles. The first-order chi connectivity index (χ1) is 6.65. The van der Waals surface area contributed by atoms with Gasteiger partial charge in [-0.05, 0) is 19.3 Å². The van der Waals surface area contributed by atoms with Gasteiger partial charge in [-0.2, -0.15) is 5.26 Å². The van der Waals surface area contributed by atoms with Crippen molar-refractivity contribution in [1.82, 2.24) is 0 Å². The van der Waals surface area contributed by atoms with E-state index >= 15 is 0 Å². The zero-order valence-electron chi connectivity index (χ0n) is 9.12. The molecule has 78 valence electrons. The summed E-state index contributed by atoms with van der Waals surface area (Å²) in [6.45, 7) is 3.99. The van der Waals surface area contributed by atoms with Crippen LogP contribution in [0.3, 0.4) is 0 Å². The van der Waals surface area contributed by atoms with Gasteiger partial charge in [0.1, 0.15) is 5.78 Å². The lowest BCUT2D eigenvalue weighted by molar-refractivity contribution is -0.125. The van der Waals surface area contributed by atoms with Crippen LogP contribution in [0, 0.1) is 29.1 Å². The summed E-state index contributed by atoms with van der Waals surface area (Å²) in [5.41, 5.74) is 0. The van der Waals surface area contributed by atoms with Gasteiger partial charge >= 0.3 is 0 Å². The van der Waals surface area contributed by atoms with Crippen molar-refractivity contribution in [3.63, 3.8) is 0 Å². The maximum Gasteiger partial charge on any atom is 0.137 e. The topological polar surface area (TPSA) is 40.9 Å². The van der Waals surface area contributed by atoms with Crippen LogP contribution in [0.25, 0.3) is 0 Å². The normalized spacial score (nSPS) is 29.2. The van der Waals surface area contributed by atoms with Gasteiger partial charge in [-0.25, -0.2) is 0 Å². The second-order valence-corrected chi connectivity index (χ2v) is 4.57. The van der Waals surface area contributed by atoms with Gasteiger partial charge in [-0.3, -0.25) is 4.79 Å². The fraction of sp³-hybridized carbons (Fsp3) is 0.833. The molecule has 1 saturated carbocycles. The number of carbonyl (C=O) groups is 1. The second kappa shape index (κ2) is 5.14. The van der Waals surface area contributed by atoms with Gasteiger partial charge in [-0.1, -0.05) is 26.2 Å². The molecule has 0 aromatic carbocycles. The lowest BCUT2D eigenvalue weighted by atomic mass is 9.76. The van der Waals surface area contributed by atoms with Crippen molar-refractivity contribution in [2.45, 2.75) is 46.0 Å². The number of hydrogen-bond donors (Lipinski definition) is 0. The maximum atomic E-state index is 11.8. The molecule has 0 amide bonds. The number of Topliss-reactive ketones (excluding diaryl/α,β-unsaturated/α-hetero) is 1.